The van der Waals surface area contributed by atoms with Crippen molar-refractivity contribution in [3.63, 3.8) is 0 Å². The van der Waals surface area contributed by atoms with Crippen LogP contribution in [0.3, 0.4) is 0 Å². The smallest absolute Gasteiger partial charge is 0.271 e. The molecule has 1 aromatic rings. The number of hydrogen-bond donors (Lipinski definition) is 2. The summed E-state index contributed by atoms with van der Waals surface area (Å²) in [5.41, 5.74) is -1.66. The van der Waals surface area contributed by atoms with Crippen molar-refractivity contribution in [3.05, 3.63) is 20.4 Å². The van der Waals surface area contributed by atoms with Crippen LogP contribution in [0, 0.1) is 0 Å². The average Bonchev–Trinajstić information content (AvgIpc) is 2.04. The highest BCUT2D eigenvalue weighted by molar-refractivity contribution is 5.61. The molecule has 0 saturated heterocycles. The first-order valence-corrected chi connectivity index (χ1v) is 3.14. The third kappa shape index (κ3) is 0.894. The highest BCUT2D eigenvalue weighted by Gasteiger charge is 2.22. The van der Waals surface area contributed by atoms with Crippen LogP contribution in [-0.4, -0.2) is 11.7 Å². The third-order valence-electron chi connectivity index (χ3n) is 1.49. The van der Waals surface area contributed by atoms with Crippen molar-refractivity contribution in [1.29, 1.82) is 0 Å². The van der Waals surface area contributed by atoms with Gasteiger partial charge in [-0.3, -0.25) is 9.59 Å². The van der Waals surface area contributed by atoms with Gasteiger partial charge in [0.2, 0.25) is 0 Å². The van der Waals surface area contributed by atoms with E-state index >= 15 is 0 Å². The van der Waals surface area contributed by atoms with Gasteiger partial charge in [-0.1, -0.05) is 0 Å². The molecule has 11 heavy (non-hydrogen) atoms. The van der Waals surface area contributed by atoms with Gasteiger partial charge in [0.15, 0.2) is 11.4 Å². The number of aromatic hydroxyl groups is 1. The van der Waals surface area contributed by atoms with Crippen molar-refractivity contribution in [1.82, 2.24) is 0 Å². The monoisotopic (exact) mass is 156 g/mol. The van der Waals surface area contributed by atoms with Gasteiger partial charge in [-0.25, -0.2) is 5.84 Å². The van der Waals surface area contributed by atoms with Crippen LogP contribution in [-0.2, 0) is 0 Å². The van der Waals surface area contributed by atoms with Crippen molar-refractivity contribution in [2.24, 2.45) is 5.84 Å². The minimum absolute atomic E-state index is 0.0856. The molecule has 0 spiro atoms. The first kappa shape index (κ1) is 7.74. The summed E-state index contributed by atoms with van der Waals surface area (Å²) in [6.45, 7) is 2.08. The summed E-state index contributed by atoms with van der Waals surface area (Å²) in [5, 5.41) is 9.88. The summed E-state index contributed by atoms with van der Waals surface area (Å²) in [7, 11) is 0. The van der Waals surface area contributed by atoms with E-state index in [-0.39, 0.29) is 5.69 Å². The molecular weight excluding hydrogens is 148 g/mol. The standard InChI is InChI=1S/C6H8N2O3/c1-2-8(7)3-4(9)6(11)5(3)10/h9H,2,7H2,1H3. The molecular formula is C6H8N2O3. The fourth-order valence-electron chi connectivity index (χ4n) is 0.792. The second-order valence-corrected chi connectivity index (χ2v) is 2.14. The summed E-state index contributed by atoms with van der Waals surface area (Å²) in [6, 6.07) is 0. The molecule has 5 nitrogen and oxygen atoms in total. The molecule has 0 fully saturated rings. The zero-order chi connectivity index (χ0) is 8.59. The molecule has 0 radical (unpaired) electrons. The topological polar surface area (TPSA) is 83.6 Å². The van der Waals surface area contributed by atoms with Crippen LogP contribution in [0.1, 0.15) is 6.92 Å². The molecule has 0 aliphatic heterocycles. The maximum absolute atomic E-state index is 10.7. The minimum Gasteiger partial charge on any atom is -0.502 e. The molecule has 3 N–H and O–H groups in total. The molecule has 0 aliphatic rings. The first-order chi connectivity index (χ1) is 5.09. The van der Waals surface area contributed by atoms with E-state index < -0.39 is 16.6 Å². The molecule has 5 heteroatoms. The number of hydrazine groups is 1. The van der Waals surface area contributed by atoms with E-state index in [1.807, 2.05) is 0 Å². The largest absolute Gasteiger partial charge is 0.502 e. The lowest BCUT2D eigenvalue weighted by Gasteiger charge is -2.17. The number of nitrogens with zero attached hydrogens (tertiary/aromatic N) is 1. The first-order valence-electron chi connectivity index (χ1n) is 3.14. The Morgan fingerprint density at radius 1 is 1.45 bits per heavy atom. The lowest BCUT2D eigenvalue weighted by Crippen LogP contribution is -2.43. The Labute approximate surface area is 62.3 Å². The van der Waals surface area contributed by atoms with E-state index in [0.717, 1.165) is 5.01 Å². The minimum atomic E-state index is -0.857. The van der Waals surface area contributed by atoms with Crippen molar-refractivity contribution < 1.29 is 5.11 Å². The van der Waals surface area contributed by atoms with Crippen LogP contribution < -0.4 is 21.7 Å². The molecule has 0 saturated carbocycles. The molecule has 1 aromatic carbocycles. The Bertz CT molecular complexity index is 337. The van der Waals surface area contributed by atoms with Crippen LogP contribution in [0.5, 0.6) is 5.75 Å². The zero-order valence-corrected chi connectivity index (χ0v) is 6.00. The van der Waals surface area contributed by atoms with Crippen molar-refractivity contribution >= 4 is 5.69 Å². The predicted molar refractivity (Wildman–Crippen MR) is 40.2 cm³/mol. The molecule has 1 rings (SSSR count). The Hall–Kier alpha value is -1.36. The van der Waals surface area contributed by atoms with Crippen LogP contribution >= 0.6 is 0 Å². The second kappa shape index (κ2) is 2.35. The number of nitrogens with two attached hydrogens (primary N) is 1. The van der Waals surface area contributed by atoms with Gasteiger partial charge in [-0.2, -0.15) is 0 Å². The Balaban J connectivity index is 3.09. The van der Waals surface area contributed by atoms with Gasteiger partial charge >= 0.3 is 0 Å². The van der Waals surface area contributed by atoms with Crippen LogP contribution in [0.25, 0.3) is 0 Å². The normalized spacial score (nSPS) is 10.4. The number of rotatable bonds is 2. The van der Waals surface area contributed by atoms with Crippen molar-refractivity contribution in [2.45, 2.75) is 6.92 Å². The lowest BCUT2D eigenvalue weighted by molar-refractivity contribution is 0.461. The molecule has 0 aliphatic carbocycles. The highest BCUT2D eigenvalue weighted by Crippen LogP contribution is 2.16. The number of anilines is 1. The summed E-state index contributed by atoms with van der Waals surface area (Å²) < 4.78 is 0. The molecule has 60 valence electrons. The fraction of sp³-hybridized carbons (Fsp3) is 0.333. The van der Waals surface area contributed by atoms with Gasteiger partial charge in [0.05, 0.1) is 0 Å². The lowest BCUT2D eigenvalue weighted by atomic mass is 10.2. The van der Waals surface area contributed by atoms with Crippen molar-refractivity contribution in [3.8, 4) is 5.75 Å². The van der Waals surface area contributed by atoms with Gasteiger partial charge < -0.3 is 10.1 Å². The summed E-state index contributed by atoms with van der Waals surface area (Å²) in [6.07, 6.45) is 0. The molecule has 0 bridgehead atoms. The predicted octanol–water partition coefficient (Wildman–Crippen LogP) is -1.31. The Kier molecular flexibility index (Phi) is 1.66. The summed E-state index contributed by atoms with van der Waals surface area (Å²) >= 11 is 0. The second-order valence-electron chi connectivity index (χ2n) is 2.14. The Morgan fingerprint density at radius 2 is 2.00 bits per heavy atom. The SMILES string of the molecule is CCN(N)c1c(O)c(=O)c1=O. The van der Waals surface area contributed by atoms with E-state index in [0.29, 0.717) is 6.54 Å². The average molecular weight is 156 g/mol. The van der Waals surface area contributed by atoms with Gasteiger partial charge in [-0.15, -0.1) is 0 Å². The molecule has 0 unspecified atom stereocenters. The van der Waals surface area contributed by atoms with Gasteiger partial charge in [0.25, 0.3) is 10.9 Å². The van der Waals surface area contributed by atoms with E-state index in [2.05, 4.69) is 0 Å². The Morgan fingerprint density at radius 3 is 2.36 bits per heavy atom. The van der Waals surface area contributed by atoms with E-state index in [4.69, 9.17) is 10.9 Å². The highest BCUT2D eigenvalue weighted by atomic mass is 16.3. The third-order valence-corrected chi connectivity index (χ3v) is 1.49. The zero-order valence-electron chi connectivity index (χ0n) is 6.00. The van der Waals surface area contributed by atoms with Gasteiger partial charge in [-0.05, 0) is 6.92 Å². The van der Waals surface area contributed by atoms with Crippen LogP contribution in [0.15, 0.2) is 9.59 Å². The van der Waals surface area contributed by atoms with Crippen LogP contribution in [0.4, 0.5) is 5.69 Å². The molecule has 0 atom stereocenters. The quantitative estimate of drug-likeness (QED) is 0.315. The summed E-state index contributed by atoms with van der Waals surface area (Å²) in [5.74, 6) is 4.74. The molecule has 0 amide bonds. The van der Waals surface area contributed by atoms with Gasteiger partial charge in [0.1, 0.15) is 0 Å². The van der Waals surface area contributed by atoms with E-state index in [9.17, 15) is 9.59 Å². The molecule has 0 aromatic heterocycles. The number of hydrogen-bond acceptors (Lipinski definition) is 5. The van der Waals surface area contributed by atoms with Crippen LogP contribution in [0.2, 0.25) is 0 Å². The van der Waals surface area contributed by atoms with E-state index in [1.165, 1.54) is 0 Å². The van der Waals surface area contributed by atoms with Gasteiger partial charge in [0, 0.05) is 6.54 Å². The fourth-order valence-corrected chi connectivity index (χ4v) is 0.792. The maximum atomic E-state index is 10.7. The molecule has 0 heterocycles. The van der Waals surface area contributed by atoms with E-state index in [1.54, 1.807) is 6.92 Å². The summed E-state index contributed by atoms with van der Waals surface area (Å²) in [4.78, 5) is 21.1. The maximum Gasteiger partial charge on any atom is 0.271 e. The van der Waals surface area contributed by atoms with Crippen molar-refractivity contribution in [2.75, 3.05) is 11.6 Å².